The maximum atomic E-state index is 12.2. The molecule has 1 N–H and O–H groups in total. The summed E-state index contributed by atoms with van der Waals surface area (Å²) in [6.07, 6.45) is -4.74. The number of hydrogen-bond acceptors (Lipinski definition) is 4. The van der Waals surface area contributed by atoms with Crippen LogP contribution in [0.4, 0.5) is 13.2 Å². The molecule has 0 amide bonds. The van der Waals surface area contributed by atoms with E-state index in [0.717, 1.165) is 13.0 Å². The normalized spacial score (nSPS) is 15.7. The Morgan fingerprint density at radius 1 is 1.33 bits per heavy atom. The minimum atomic E-state index is -4.31. The van der Waals surface area contributed by atoms with Gasteiger partial charge in [-0.3, -0.25) is 0 Å². The van der Waals surface area contributed by atoms with Crippen molar-refractivity contribution in [1.82, 2.24) is 15.5 Å². The second-order valence-corrected chi connectivity index (χ2v) is 4.20. The smallest absolute Gasteiger partial charge is 0.339 e. The van der Waals surface area contributed by atoms with Crippen molar-refractivity contribution in [3.05, 3.63) is 11.7 Å². The van der Waals surface area contributed by atoms with Crippen LogP contribution >= 0.6 is 0 Å². The summed E-state index contributed by atoms with van der Waals surface area (Å²) in [5, 5.41) is 6.58. The molecule has 1 heterocycles. The van der Waals surface area contributed by atoms with E-state index in [9.17, 15) is 13.2 Å². The standard InChI is InChI=1S/C11H18F3N3O/c1-4-8(7(3)15-5-2)10-16-9(17-18-10)6-11(12,13)14/h7-8,15H,4-6H2,1-3H3. The molecule has 1 rings (SSSR count). The Labute approximate surface area is 104 Å². The predicted octanol–water partition coefficient (Wildman–Crippen LogP) is 2.67. The van der Waals surface area contributed by atoms with Gasteiger partial charge in [0.1, 0.15) is 6.42 Å². The molecule has 1 aromatic rings. The van der Waals surface area contributed by atoms with Crippen LogP contribution in [0.1, 0.15) is 44.8 Å². The minimum absolute atomic E-state index is 0.0700. The summed E-state index contributed by atoms with van der Waals surface area (Å²) in [6, 6.07) is 0.0826. The summed E-state index contributed by atoms with van der Waals surface area (Å²) >= 11 is 0. The summed E-state index contributed by atoms with van der Waals surface area (Å²) < 4.78 is 41.5. The first kappa shape index (κ1) is 14.9. The van der Waals surface area contributed by atoms with E-state index in [4.69, 9.17) is 4.52 Å². The predicted molar refractivity (Wildman–Crippen MR) is 60.2 cm³/mol. The van der Waals surface area contributed by atoms with E-state index in [0.29, 0.717) is 0 Å². The van der Waals surface area contributed by atoms with Gasteiger partial charge in [0.15, 0.2) is 5.82 Å². The van der Waals surface area contributed by atoms with Crippen molar-refractivity contribution in [3.8, 4) is 0 Å². The Balaban J connectivity index is 2.76. The molecule has 0 spiro atoms. The molecule has 7 heteroatoms. The Kier molecular flexibility index (Phi) is 5.13. The topological polar surface area (TPSA) is 51.0 Å². The van der Waals surface area contributed by atoms with E-state index >= 15 is 0 Å². The van der Waals surface area contributed by atoms with Crippen LogP contribution in [0.3, 0.4) is 0 Å². The molecule has 0 bridgehead atoms. The first-order valence-corrected chi connectivity index (χ1v) is 6.00. The SMILES string of the molecule is CCNC(C)C(CC)c1nc(CC(F)(F)F)no1. The van der Waals surface area contributed by atoms with Gasteiger partial charge in [0, 0.05) is 6.04 Å². The average molecular weight is 265 g/mol. The minimum Gasteiger partial charge on any atom is -0.339 e. The van der Waals surface area contributed by atoms with E-state index in [1.165, 1.54) is 0 Å². The van der Waals surface area contributed by atoms with Gasteiger partial charge in [-0.25, -0.2) is 0 Å². The number of aromatic nitrogens is 2. The summed E-state index contributed by atoms with van der Waals surface area (Å²) in [6.45, 7) is 6.63. The van der Waals surface area contributed by atoms with Gasteiger partial charge in [-0.1, -0.05) is 19.0 Å². The molecule has 104 valence electrons. The third-order valence-electron chi connectivity index (χ3n) is 2.73. The molecule has 18 heavy (non-hydrogen) atoms. The van der Waals surface area contributed by atoms with Crippen molar-refractivity contribution >= 4 is 0 Å². The van der Waals surface area contributed by atoms with Crippen LogP contribution in [-0.2, 0) is 6.42 Å². The van der Waals surface area contributed by atoms with Crippen LogP contribution in [0.5, 0.6) is 0 Å². The second kappa shape index (κ2) is 6.17. The van der Waals surface area contributed by atoms with Gasteiger partial charge in [-0.05, 0) is 19.9 Å². The molecular formula is C11H18F3N3O. The number of hydrogen-bond donors (Lipinski definition) is 1. The fourth-order valence-corrected chi connectivity index (χ4v) is 1.88. The van der Waals surface area contributed by atoms with E-state index < -0.39 is 12.6 Å². The lowest BCUT2D eigenvalue weighted by Gasteiger charge is -2.19. The molecule has 0 aliphatic rings. The highest BCUT2D eigenvalue weighted by Crippen LogP contribution is 2.24. The summed E-state index contributed by atoms with van der Waals surface area (Å²) in [5.41, 5.74) is 0. The van der Waals surface area contributed by atoms with Crippen LogP contribution in [0.2, 0.25) is 0 Å². The van der Waals surface area contributed by atoms with Crippen LogP contribution < -0.4 is 5.32 Å². The van der Waals surface area contributed by atoms with Crippen molar-refractivity contribution in [1.29, 1.82) is 0 Å². The third kappa shape index (κ3) is 4.29. The van der Waals surface area contributed by atoms with Crippen molar-refractivity contribution in [2.45, 2.75) is 51.7 Å². The van der Waals surface area contributed by atoms with Gasteiger partial charge in [0.05, 0.1) is 5.92 Å². The van der Waals surface area contributed by atoms with E-state index in [1.807, 2.05) is 20.8 Å². The Morgan fingerprint density at radius 2 is 2.00 bits per heavy atom. The summed E-state index contributed by atoms with van der Waals surface area (Å²) in [7, 11) is 0. The van der Waals surface area contributed by atoms with Gasteiger partial charge >= 0.3 is 6.18 Å². The van der Waals surface area contributed by atoms with Crippen molar-refractivity contribution in [2.75, 3.05) is 6.54 Å². The lowest BCUT2D eigenvalue weighted by Crippen LogP contribution is -2.31. The number of halogens is 3. The third-order valence-corrected chi connectivity index (χ3v) is 2.73. The fourth-order valence-electron chi connectivity index (χ4n) is 1.88. The molecule has 2 unspecified atom stereocenters. The van der Waals surface area contributed by atoms with Crippen LogP contribution in [-0.4, -0.2) is 28.9 Å². The van der Waals surface area contributed by atoms with Gasteiger partial charge < -0.3 is 9.84 Å². The Hall–Kier alpha value is -1.11. The maximum Gasteiger partial charge on any atom is 0.396 e. The highest BCUT2D eigenvalue weighted by molar-refractivity contribution is 4.98. The van der Waals surface area contributed by atoms with Gasteiger partial charge in [0.2, 0.25) is 5.89 Å². The molecule has 0 radical (unpaired) electrons. The lowest BCUT2D eigenvalue weighted by atomic mass is 9.98. The highest BCUT2D eigenvalue weighted by Gasteiger charge is 2.31. The molecule has 1 aromatic heterocycles. The fraction of sp³-hybridized carbons (Fsp3) is 0.818. The monoisotopic (exact) mass is 265 g/mol. The van der Waals surface area contributed by atoms with Gasteiger partial charge in [0.25, 0.3) is 0 Å². The first-order valence-electron chi connectivity index (χ1n) is 6.00. The van der Waals surface area contributed by atoms with Crippen molar-refractivity contribution < 1.29 is 17.7 Å². The van der Waals surface area contributed by atoms with E-state index in [1.54, 1.807) is 0 Å². The second-order valence-electron chi connectivity index (χ2n) is 4.20. The quantitative estimate of drug-likeness (QED) is 0.859. The maximum absolute atomic E-state index is 12.2. The molecule has 0 aliphatic heterocycles. The van der Waals surface area contributed by atoms with Gasteiger partial charge in [-0.15, -0.1) is 0 Å². The van der Waals surface area contributed by atoms with E-state index in [2.05, 4.69) is 15.5 Å². The molecule has 0 saturated heterocycles. The molecule has 0 aromatic carbocycles. The van der Waals surface area contributed by atoms with Crippen LogP contribution in [0.25, 0.3) is 0 Å². The van der Waals surface area contributed by atoms with Gasteiger partial charge in [-0.2, -0.15) is 18.2 Å². The number of alkyl halides is 3. The molecular weight excluding hydrogens is 247 g/mol. The Morgan fingerprint density at radius 3 is 2.50 bits per heavy atom. The Bertz CT molecular complexity index is 365. The van der Waals surface area contributed by atoms with Crippen molar-refractivity contribution in [2.24, 2.45) is 0 Å². The van der Waals surface area contributed by atoms with Crippen LogP contribution in [0, 0.1) is 0 Å². The zero-order valence-electron chi connectivity index (χ0n) is 10.7. The average Bonchev–Trinajstić information content (AvgIpc) is 2.65. The van der Waals surface area contributed by atoms with E-state index in [-0.39, 0.29) is 23.7 Å². The summed E-state index contributed by atoms with van der Waals surface area (Å²) in [4.78, 5) is 3.83. The molecule has 0 aliphatic carbocycles. The highest BCUT2D eigenvalue weighted by atomic mass is 19.4. The number of likely N-dealkylation sites (N-methyl/N-ethyl adjacent to an activating group) is 1. The zero-order chi connectivity index (χ0) is 13.8. The molecule has 2 atom stereocenters. The number of nitrogens with zero attached hydrogens (tertiary/aromatic N) is 2. The number of nitrogens with one attached hydrogen (secondary N) is 1. The molecule has 4 nitrogen and oxygen atoms in total. The molecule has 0 saturated carbocycles. The first-order chi connectivity index (χ1) is 8.37. The van der Waals surface area contributed by atoms with Crippen molar-refractivity contribution in [3.63, 3.8) is 0 Å². The summed E-state index contributed by atoms with van der Waals surface area (Å²) in [5.74, 6) is -0.107. The lowest BCUT2D eigenvalue weighted by molar-refractivity contribution is -0.128. The van der Waals surface area contributed by atoms with Crippen LogP contribution in [0.15, 0.2) is 4.52 Å². The zero-order valence-corrected chi connectivity index (χ0v) is 10.7. The number of rotatable bonds is 6. The largest absolute Gasteiger partial charge is 0.396 e. The molecule has 0 fully saturated rings.